The highest BCUT2D eigenvalue weighted by Gasteiger charge is 2.01. The van der Waals surface area contributed by atoms with Crippen molar-refractivity contribution in [1.82, 2.24) is 19.8 Å². The molecule has 0 unspecified atom stereocenters. The van der Waals surface area contributed by atoms with Crippen LogP contribution < -0.4 is 5.32 Å². The molecule has 0 radical (unpaired) electrons. The zero-order valence-electron chi connectivity index (χ0n) is 8.86. The molecule has 14 heavy (non-hydrogen) atoms. The molecule has 0 aliphatic rings. The van der Waals surface area contributed by atoms with Crippen LogP contribution in [0.1, 0.15) is 18.2 Å². The van der Waals surface area contributed by atoms with E-state index in [1.165, 1.54) is 22.8 Å². The van der Waals surface area contributed by atoms with Gasteiger partial charge in [0.15, 0.2) is 0 Å². The van der Waals surface area contributed by atoms with Crippen LogP contribution in [0.25, 0.3) is 0 Å². The minimum atomic E-state index is 0.950. The van der Waals surface area contributed by atoms with Crippen LogP contribution in [0.15, 0.2) is 6.20 Å². The van der Waals surface area contributed by atoms with Crippen LogP contribution in [-0.2, 0) is 6.54 Å². The van der Waals surface area contributed by atoms with Crippen LogP contribution in [0.4, 0.5) is 0 Å². The summed E-state index contributed by atoms with van der Waals surface area (Å²) >= 11 is 1.47. The molecule has 1 heterocycles. The number of aromatic nitrogens is 2. The van der Waals surface area contributed by atoms with Gasteiger partial charge in [0.25, 0.3) is 0 Å². The van der Waals surface area contributed by atoms with E-state index < -0.39 is 0 Å². The monoisotopic (exact) mass is 214 g/mol. The first-order valence-corrected chi connectivity index (χ1v) is 5.75. The van der Waals surface area contributed by atoms with Gasteiger partial charge in [-0.05, 0) is 31.5 Å². The molecule has 1 N–H and O–H groups in total. The molecule has 0 amide bonds. The van der Waals surface area contributed by atoms with Crippen molar-refractivity contribution >= 4 is 11.5 Å². The average molecular weight is 214 g/mol. The van der Waals surface area contributed by atoms with E-state index >= 15 is 0 Å². The highest BCUT2D eigenvalue weighted by molar-refractivity contribution is 7.05. The van der Waals surface area contributed by atoms with Crippen molar-refractivity contribution in [2.75, 3.05) is 26.7 Å². The summed E-state index contributed by atoms with van der Waals surface area (Å²) in [6.07, 6.45) is 3.03. The van der Waals surface area contributed by atoms with Crippen LogP contribution in [0, 0.1) is 0 Å². The predicted octanol–water partition coefficient (Wildman–Crippen LogP) is 0.969. The summed E-state index contributed by atoms with van der Waals surface area (Å²) in [5.74, 6) is 0. The Morgan fingerprint density at radius 2 is 2.36 bits per heavy atom. The molecular formula is C9H18N4S. The minimum absolute atomic E-state index is 0.950. The second kappa shape index (κ2) is 6.86. The summed E-state index contributed by atoms with van der Waals surface area (Å²) in [7, 11) is 2.12. The second-order valence-corrected chi connectivity index (χ2v) is 4.24. The Balaban J connectivity index is 2.07. The lowest BCUT2D eigenvalue weighted by Crippen LogP contribution is -2.29. The maximum atomic E-state index is 3.83. The van der Waals surface area contributed by atoms with Gasteiger partial charge in [0.1, 0.15) is 0 Å². The minimum Gasteiger partial charge on any atom is -0.315 e. The van der Waals surface area contributed by atoms with Crippen molar-refractivity contribution in [2.45, 2.75) is 19.9 Å². The number of nitrogens with zero attached hydrogens (tertiary/aromatic N) is 3. The highest BCUT2D eigenvalue weighted by Crippen LogP contribution is 2.04. The molecule has 80 valence electrons. The van der Waals surface area contributed by atoms with Crippen LogP contribution in [0.2, 0.25) is 0 Å². The Morgan fingerprint density at radius 1 is 1.50 bits per heavy atom. The first-order chi connectivity index (χ1) is 6.83. The van der Waals surface area contributed by atoms with Gasteiger partial charge >= 0.3 is 0 Å². The van der Waals surface area contributed by atoms with Crippen LogP contribution in [-0.4, -0.2) is 41.2 Å². The number of hydrogen-bond acceptors (Lipinski definition) is 5. The first kappa shape index (κ1) is 11.6. The van der Waals surface area contributed by atoms with Crippen molar-refractivity contribution in [3.05, 3.63) is 11.1 Å². The first-order valence-electron chi connectivity index (χ1n) is 4.98. The van der Waals surface area contributed by atoms with Gasteiger partial charge in [-0.3, -0.25) is 4.90 Å². The van der Waals surface area contributed by atoms with Crippen molar-refractivity contribution in [1.29, 1.82) is 0 Å². The molecule has 1 aromatic heterocycles. The van der Waals surface area contributed by atoms with Gasteiger partial charge in [-0.1, -0.05) is 11.4 Å². The van der Waals surface area contributed by atoms with Crippen LogP contribution in [0.3, 0.4) is 0 Å². The van der Waals surface area contributed by atoms with Gasteiger partial charge < -0.3 is 5.32 Å². The lowest BCUT2D eigenvalue weighted by molar-refractivity contribution is 0.327. The fourth-order valence-electron chi connectivity index (χ4n) is 1.17. The lowest BCUT2D eigenvalue weighted by atomic mass is 10.4. The molecule has 0 atom stereocenters. The molecule has 1 rings (SSSR count). The van der Waals surface area contributed by atoms with E-state index in [9.17, 15) is 0 Å². The second-order valence-electron chi connectivity index (χ2n) is 3.37. The van der Waals surface area contributed by atoms with Gasteiger partial charge in [-0.2, -0.15) is 0 Å². The van der Waals surface area contributed by atoms with Gasteiger partial charge in [0.05, 0.1) is 11.1 Å². The lowest BCUT2D eigenvalue weighted by Gasteiger charge is -2.14. The van der Waals surface area contributed by atoms with E-state index in [2.05, 4.69) is 33.8 Å². The molecule has 5 heteroatoms. The van der Waals surface area contributed by atoms with Crippen molar-refractivity contribution in [3.63, 3.8) is 0 Å². The van der Waals surface area contributed by atoms with Gasteiger partial charge in [0, 0.05) is 19.6 Å². The normalized spacial score (nSPS) is 11.1. The molecule has 4 nitrogen and oxygen atoms in total. The summed E-state index contributed by atoms with van der Waals surface area (Å²) < 4.78 is 3.83. The molecule has 0 bridgehead atoms. The topological polar surface area (TPSA) is 41.0 Å². The highest BCUT2D eigenvalue weighted by atomic mass is 32.1. The summed E-state index contributed by atoms with van der Waals surface area (Å²) in [6.45, 7) is 6.36. The Hall–Kier alpha value is -0.520. The number of rotatable bonds is 7. The van der Waals surface area contributed by atoms with E-state index in [-0.39, 0.29) is 0 Å². The van der Waals surface area contributed by atoms with Crippen molar-refractivity contribution < 1.29 is 0 Å². The fraction of sp³-hybridized carbons (Fsp3) is 0.778. The molecular weight excluding hydrogens is 196 g/mol. The van der Waals surface area contributed by atoms with Crippen molar-refractivity contribution in [2.24, 2.45) is 0 Å². The van der Waals surface area contributed by atoms with E-state index in [1.54, 1.807) is 0 Å². The smallest absolute Gasteiger partial charge is 0.0666 e. The fourth-order valence-corrected chi connectivity index (χ4v) is 1.75. The largest absolute Gasteiger partial charge is 0.315 e. The third kappa shape index (κ3) is 4.64. The zero-order chi connectivity index (χ0) is 10.2. The Morgan fingerprint density at radius 3 is 3.00 bits per heavy atom. The standard InChI is InChI=1S/C9H18N4S/c1-3-4-10-5-6-13(2)8-9-7-11-12-14-9/h7,10H,3-6,8H2,1-2H3. The third-order valence-electron chi connectivity index (χ3n) is 1.93. The predicted molar refractivity (Wildman–Crippen MR) is 59.4 cm³/mol. The van der Waals surface area contributed by atoms with E-state index in [0.717, 1.165) is 26.2 Å². The maximum Gasteiger partial charge on any atom is 0.0666 e. The zero-order valence-corrected chi connectivity index (χ0v) is 9.68. The molecule has 0 saturated heterocycles. The van der Waals surface area contributed by atoms with Crippen molar-refractivity contribution in [3.8, 4) is 0 Å². The molecule has 0 spiro atoms. The summed E-state index contributed by atoms with van der Waals surface area (Å²) in [6, 6.07) is 0. The van der Waals surface area contributed by atoms with Gasteiger partial charge in [0.2, 0.25) is 0 Å². The Bertz CT molecular complexity index is 225. The van der Waals surface area contributed by atoms with Crippen LogP contribution >= 0.6 is 11.5 Å². The molecule has 0 saturated carbocycles. The summed E-state index contributed by atoms with van der Waals surface area (Å²) in [5, 5.41) is 7.19. The molecule has 0 aliphatic carbocycles. The van der Waals surface area contributed by atoms with Gasteiger partial charge in [-0.15, -0.1) is 5.10 Å². The number of nitrogens with one attached hydrogen (secondary N) is 1. The average Bonchev–Trinajstić information content (AvgIpc) is 2.65. The van der Waals surface area contributed by atoms with Crippen LogP contribution in [0.5, 0.6) is 0 Å². The van der Waals surface area contributed by atoms with E-state index in [0.29, 0.717) is 0 Å². The molecule has 1 aromatic rings. The molecule has 0 fully saturated rings. The Labute approximate surface area is 89.5 Å². The quantitative estimate of drug-likeness (QED) is 0.687. The molecule has 0 aliphatic heterocycles. The van der Waals surface area contributed by atoms with Gasteiger partial charge in [-0.25, -0.2) is 0 Å². The Kier molecular flexibility index (Phi) is 5.66. The number of hydrogen-bond donors (Lipinski definition) is 1. The summed E-state index contributed by atoms with van der Waals surface area (Å²) in [5.41, 5.74) is 0. The van der Waals surface area contributed by atoms with E-state index in [4.69, 9.17) is 0 Å². The summed E-state index contributed by atoms with van der Waals surface area (Å²) in [4.78, 5) is 3.50. The third-order valence-corrected chi connectivity index (χ3v) is 2.57. The SMILES string of the molecule is CCCNCCN(C)Cc1cnns1. The molecule has 0 aromatic carbocycles. The van der Waals surface area contributed by atoms with E-state index in [1.807, 2.05) is 6.20 Å². The number of likely N-dealkylation sites (N-methyl/N-ethyl adjacent to an activating group) is 1. The maximum absolute atomic E-state index is 3.83.